The van der Waals surface area contributed by atoms with Crippen molar-refractivity contribution in [1.82, 2.24) is 9.55 Å². The van der Waals surface area contributed by atoms with Gasteiger partial charge in [0.1, 0.15) is 5.65 Å². The third-order valence-electron chi connectivity index (χ3n) is 3.95. The number of pyridine rings is 1. The van der Waals surface area contributed by atoms with Crippen molar-refractivity contribution in [2.75, 3.05) is 0 Å². The van der Waals surface area contributed by atoms with E-state index in [-0.39, 0.29) is 0 Å². The van der Waals surface area contributed by atoms with Crippen LogP contribution in [0.2, 0.25) is 0 Å². The molecule has 2 aromatic heterocycles. The van der Waals surface area contributed by atoms with Crippen molar-refractivity contribution >= 4 is 21.9 Å². The molecule has 0 saturated carbocycles. The van der Waals surface area contributed by atoms with Crippen LogP contribution in [0.25, 0.3) is 21.9 Å². The molecule has 2 aromatic carbocycles. The molecule has 0 fully saturated rings. The lowest BCUT2D eigenvalue weighted by Crippen LogP contribution is -2.00. The number of aromatic nitrogens is 2. The Morgan fingerprint density at radius 2 is 1.76 bits per heavy atom. The molecule has 0 unspecified atom stereocenters. The molecule has 0 bridgehead atoms. The Balaban J connectivity index is 1.97. The lowest BCUT2D eigenvalue weighted by Gasteiger charge is -2.07. The van der Waals surface area contributed by atoms with Crippen molar-refractivity contribution < 1.29 is 0 Å². The van der Waals surface area contributed by atoms with E-state index in [9.17, 15) is 0 Å². The Morgan fingerprint density at radius 1 is 0.905 bits per heavy atom. The van der Waals surface area contributed by atoms with Crippen LogP contribution < -0.4 is 0 Å². The van der Waals surface area contributed by atoms with Crippen LogP contribution in [0.3, 0.4) is 0 Å². The van der Waals surface area contributed by atoms with Crippen LogP contribution in [-0.2, 0) is 6.54 Å². The van der Waals surface area contributed by atoms with Gasteiger partial charge in [0, 0.05) is 23.5 Å². The van der Waals surface area contributed by atoms with Crippen molar-refractivity contribution in [2.24, 2.45) is 0 Å². The van der Waals surface area contributed by atoms with Gasteiger partial charge in [-0.1, -0.05) is 48.0 Å². The van der Waals surface area contributed by atoms with Crippen LogP contribution in [0.4, 0.5) is 0 Å². The summed E-state index contributed by atoms with van der Waals surface area (Å²) in [7, 11) is 0. The second kappa shape index (κ2) is 4.74. The van der Waals surface area contributed by atoms with E-state index in [4.69, 9.17) is 0 Å². The molecule has 2 heteroatoms. The lowest BCUT2D eigenvalue weighted by molar-refractivity contribution is 0.855. The molecule has 4 rings (SSSR count). The van der Waals surface area contributed by atoms with Crippen molar-refractivity contribution in [3.05, 3.63) is 78.0 Å². The molecule has 2 nitrogen and oxygen atoms in total. The van der Waals surface area contributed by atoms with Crippen LogP contribution >= 0.6 is 0 Å². The molecule has 0 atom stereocenters. The van der Waals surface area contributed by atoms with Gasteiger partial charge in [0.2, 0.25) is 0 Å². The lowest BCUT2D eigenvalue weighted by atomic mass is 10.1. The third-order valence-corrected chi connectivity index (χ3v) is 3.95. The number of fused-ring (bicyclic) bond motifs is 3. The van der Waals surface area contributed by atoms with Gasteiger partial charge in [0.15, 0.2) is 0 Å². The van der Waals surface area contributed by atoms with Crippen molar-refractivity contribution in [2.45, 2.75) is 13.5 Å². The maximum absolute atomic E-state index is 4.60. The number of benzene rings is 2. The first-order valence-electron chi connectivity index (χ1n) is 7.20. The average Bonchev–Trinajstić information content (AvgIpc) is 2.83. The maximum Gasteiger partial charge on any atom is 0.141 e. The number of nitrogens with zero attached hydrogens (tertiary/aromatic N) is 2. The van der Waals surface area contributed by atoms with E-state index in [1.807, 2.05) is 12.3 Å². The summed E-state index contributed by atoms with van der Waals surface area (Å²) in [6, 6.07) is 21.3. The fourth-order valence-electron chi connectivity index (χ4n) is 3.03. The fraction of sp³-hybridized carbons (Fsp3) is 0.105. The standard InChI is InChI=1S/C19H16N2/c1-14-6-4-7-15(12-14)13-21-18-10-3-2-8-16(18)17-9-5-11-20-19(17)21/h2-12H,13H2,1H3. The van der Waals surface area contributed by atoms with Gasteiger partial charge in [-0.15, -0.1) is 0 Å². The van der Waals surface area contributed by atoms with Gasteiger partial charge in [0.05, 0.1) is 5.52 Å². The van der Waals surface area contributed by atoms with Crippen LogP contribution in [-0.4, -0.2) is 9.55 Å². The Morgan fingerprint density at radius 3 is 2.67 bits per heavy atom. The summed E-state index contributed by atoms with van der Waals surface area (Å²) in [4.78, 5) is 4.60. The fourth-order valence-corrected chi connectivity index (χ4v) is 3.03. The van der Waals surface area contributed by atoms with Crippen LogP contribution in [0.5, 0.6) is 0 Å². The van der Waals surface area contributed by atoms with E-state index in [2.05, 4.69) is 71.1 Å². The van der Waals surface area contributed by atoms with Gasteiger partial charge < -0.3 is 4.57 Å². The van der Waals surface area contributed by atoms with Gasteiger partial charge >= 0.3 is 0 Å². The zero-order valence-corrected chi connectivity index (χ0v) is 12.0. The van der Waals surface area contributed by atoms with Crippen molar-refractivity contribution in [1.29, 1.82) is 0 Å². The van der Waals surface area contributed by atoms with Crippen molar-refractivity contribution in [3.63, 3.8) is 0 Å². The monoisotopic (exact) mass is 272 g/mol. The van der Waals surface area contributed by atoms with E-state index in [0.717, 1.165) is 12.2 Å². The molecule has 2 heterocycles. The van der Waals surface area contributed by atoms with E-state index in [1.165, 1.54) is 27.4 Å². The first kappa shape index (κ1) is 12.2. The molecule has 0 saturated heterocycles. The molecule has 0 N–H and O–H groups in total. The maximum atomic E-state index is 4.60. The zero-order chi connectivity index (χ0) is 14.2. The molecular formula is C19H16N2. The minimum Gasteiger partial charge on any atom is -0.321 e. The number of hydrogen-bond donors (Lipinski definition) is 0. The van der Waals surface area contributed by atoms with Gasteiger partial charge in [-0.2, -0.15) is 0 Å². The highest BCUT2D eigenvalue weighted by molar-refractivity contribution is 6.06. The highest BCUT2D eigenvalue weighted by atomic mass is 15.0. The van der Waals surface area contributed by atoms with E-state index >= 15 is 0 Å². The molecule has 0 amide bonds. The van der Waals surface area contributed by atoms with Gasteiger partial charge in [-0.3, -0.25) is 0 Å². The average molecular weight is 272 g/mol. The summed E-state index contributed by atoms with van der Waals surface area (Å²) in [5, 5.41) is 2.49. The normalized spacial score (nSPS) is 11.3. The smallest absolute Gasteiger partial charge is 0.141 e. The Bertz CT molecular complexity index is 881. The molecule has 0 aliphatic rings. The molecule has 0 radical (unpaired) electrons. The van der Waals surface area contributed by atoms with E-state index < -0.39 is 0 Å². The number of rotatable bonds is 2. The van der Waals surface area contributed by atoms with Gasteiger partial charge in [-0.25, -0.2) is 4.98 Å². The topological polar surface area (TPSA) is 17.8 Å². The Hall–Kier alpha value is -2.61. The molecule has 0 aliphatic carbocycles. The third kappa shape index (κ3) is 2.00. The summed E-state index contributed by atoms with van der Waals surface area (Å²) < 4.78 is 2.30. The molecule has 0 aliphatic heterocycles. The second-order valence-corrected chi connectivity index (χ2v) is 5.47. The SMILES string of the molecule is Cc1cccc(Cn2c3ccccc3c3cccnc32)c1. The van der Waals surface area contributed by atoms with Crippen LogP contribution in [0.15, 0.2) is 66.9 Å². The first-order valence-corrected chi connectivity index (χ1v) is 7.20. The highest BCUT2D eigenvalue weighted by Crippen LogP contribution is 2.28. The highest BCUT2D eigenvalue weighted by Gasteiger charge is 2.10. The van der Waals surface area contributed by atoms with Gasteiger partial charge in [-0.05, 0) is 30.7 Å². The number of hydrogen-bond acceptors (Lipinski definition) is 1. The second-order valence-electron chi connectivity index (χ2n) is 5.47. The number of para-hydroxylation sites is 1. The predicted octanol–water partition coefficient (Wildman–Crippen LogP) is 4.55. The quantitative estimate of drug-likeness (QED) is 0.523. The molecule has 21 heavy (non-hydrogen) atoms. The molecule has 0 spiro atoms. The number of aryl methyl sites for hydroxylation is 1. The largest absolute Gasteiger partial charge is 0.321 e. The minimum absolute atomic E-state index is 0.850. The first-order chi connectivity index (χ1) is 10.3. The summed E-state index contributed by atoms with van der Waals surface area (Å²) in [6.45, 7) is 2.98. The zero-order valence-electron chi connectivity index (χ0n) is 12.0. The van der Waals surface area contributed by atoms with Crippen LogP contribution in [0.1, 0.15) is 11.1 Å². The van der Waals surface area contributed by atoms with Crippen LogP contribution in [0, 0.1) is 6.92 Å². The van der Waals surface area contributed by atoms with Crippen molar-refractivity contribution in [3.8, 4) is 0 Å². The predicted molar refractivity (Wildman–Crippen MR) is 87.5 cm³/mol. The Kier molecular flexibility index (Phi) is 2.74. The molecule has 102 valence electrons. The molecular weight excluding hydrogens is 256 g/mol. The molecule has 4 aromatic rings. The Labute approximate surface area is 123 Å². The van der Waals surface area contributed by atoms with E-state index in [1.54, 1.807) is 0 Å². The summed E-state index contributed by atoms with van der Waals surface area (Å²) in [5.74, 6) is 0. The minimum atomic E-state index is 0.850. The summed E-state index contributed by atoms with van der Waals surface area (Å²) in [5.41, 5.74) is 4.90. The summed E-state index contributed by atoms with van der Waals surface area (Å²) >= 11 is 0. The summed E-state index contributed by atoms with van der Waals surface area (Å²) in [6.07, 6.45) is 1.87. The van der Waals surface area contributed by atoms with E-state index in [0.29, 0.717) is 0 Å². The van der Waals surface area contributed by atoms with Gasteiger partial charge in [0.25, 0.3) is 0 Å².